The molecule has 2 saturated heterocycles. The van der Waals surface area contributed by atoms with Gasteiger partial charge in [-0.25, -0.2) is 0 Å². The third-order valence-electron chi connectivity index (χ3n) is 4.22. The van der Waals surface area contributed by atoms with Crippen LogP contribution in [0.4, 0.5) is 0 Å². The summed E-state index contributed by atoms with van der Waals surface area (Å²) in [5.41, 5.74) is 0. The van der Waals surface area contributed by atoms with Crippen molar-refractivity contribution in [1.29, 1.82) is 0 Å². The zero-order valence-electron chi connectivity index (χ0n) is 12.8. The van der Waals surface area contributed by atoms with Gasteiger partial charge in [0.05, 0.1) is 12.5 Å². The molecule has 0 spiro atoms. The molecule has 2 amide bonds. The lowest BCUT2D eigenvalue weighted by Crippen LogP contribution is -2.37. The summed E-state index contributed by atoms with van der Waals surface area (Å²) in [4.78, 5) is 28.0. The van der Waals surface area contributed by atoms with Gasteiger partial charge in [-0.1, -0.05) is 0 Å². The summed E-state index contributed by atoms with van der Waals surface area (Å²) in [5, 5.41) is 3.16. The summed E-state index contributed by atoms with van der Waals surface area (Å²) < 4.78 is 4.99. The van der Waals surface area contributed by atoms with E-state index in [0.717, 1.165) is 26.1 Å². The molecule has 6 nitrogen and oxygen atoms in total. The summed E-state index contributed by atoms with van der Waals surface area (Å²) in [6.07, 6.45) is 1.41. The van der Waals surface area contributed by atoms with Gasteiger partial charge in [0.25, 0.3) is 0 Å². The van der Waals surface area contributed by atoms with Crippen LogP contribution in [0.1, 0.15) is 12.8 Å². The zero-order valence-corrected chi connectivity index (χ0v) is 13.7. The molecule has 7 heteroatoms. The lowest BCUT2D eigenvalue weighted by atomic mass is 10.1. The molecule has 2 aliphatic heterocycles. The predicted octanol–water partition coefficient (Wildman–Crippen LogP) is -0.0290. The Balaban J connectivity index is 0.00000220. The maximum absolute atomic E-state index is 12.5. The van der Waals surface area contributed by atoms with Gasteiger partial charge in [0.15, 0.2) is 0 Å². The van der Waals surface area contributed by atoms with E-state index in [9.17, 15) is 9.59 Å². The highest BCUT2D eigenvalue weighted by Crippen LogP contribution is 2.24. The molecular formula is C14H26ClN3O3. The second-order valence-electron chi connectivity index (χ2n) is 5.73. The third kappa shape index (κ3) is 4.56. The molecule has 0 aromatic rings. The van der Waals surface area contributed by atoms with Crippen molar-refractivity contribution in [3.63, 3.8) is 0 Å². The minimum atomic E-state index is -0.160. The topological polar surface area (TPSA) is 61.9 Å². The molecule has 2 rings (SSSR count). The van der Waals surface area contributed by atoms with Crippen LogP contribution in [0.25, 0.3) is 0 Å². The van der Waals surface area contributed by atoms with Gasteiger partial charge in [-0.2, -0.15) is 0 Å². The highest BCUT2D eigenvalue weighted by atomic mass is 35.5. The number of nitrogens with zero attached hydrogens (tertiary/aromatic N) is 2. The van der Waals surface area contributed by atoms with Crippen LogP contribution in [0.2, 0.25) is 0 Å². The number of carbonyl (C=O) groups is 2. The van der Waals surface area contributed by atoms with Crippen molar-refractivity contribution in [3.8, 4) is 0 Å². The molecule has 0 aliphatic carbocycles. The van der Waals surface area contributed by atoms with Crippen LogP contribution in [-0.2, 0) is 14.3 Å². The molecule has 2 unspecified atom stereocenters. The summed E-state index contributed by atoms with van der Waals surface area (Å²) in [6.45, 7) is 4.26. The monoisotopic (exact) mass is 319 g/mol. The predicted molar refractivity (Wildman–Crippen MR) is 82.4 cm³/mol. The van der Waals surface area contributed by atoms with Gasteiger partial charge in [-0.3, -0.25) is 9.59 Å². The molecule has 21 heavy (non-hydrogen) atoms. The molecule has 0 radical (unpaired) electrons. The highest BCUT2D eigenvalue weighted by molar-refractivity contribution is 5.89. The molecule has 122 valence electrons. The van der Waals surface area contributed by atoms with Gasteiger partial charge in [0.2, 0.25) is 11.8 Å². The van der Waals surface area contributed by atoms with Crippen LogP contribution < -0.4 is 5.32 Å². The van der Waals surface area contributed by atoms with Crippen molar-refractivity contribution in [2.24, 2.45) is 11.8 Å². The van der Waals surface area contributed by atoms with Crippen LogP contribution in [0.5, 0.6) is 0 Å². The van der Waals surface area contributed by atoms with Crippen LogP contribution in [-0.4, -0.2) is 75.1 Å². The Hall–Kier alpha value is -0.850. The first-order valence-corrected chi connectivity index (χ1v) is 7.35. The zero-order chi connectivity index (χ0) is 14.5. The first-order valence-electron chi connectivity index (χ1n) is 7.35. The van der Waals surface area contributed by atoms with Gasteiger partial charge >= 0.3 is 0 Å². The van der Waals surface area contributed by atoms with Crippen LogP contribution in [0, 0.1) is 11.8 Å². The largest absolute Gasteiger partial charge is 0.383 e. The van der Waals surface area contributed by atoms with Gasteiger partial charge in [-0.15, -0.1) is 12.4 Å². The van der Waals surface area contributed by atoms with Crippen molar-refractivity contribution >= 4 is 24.2 Å². The number of halogens is 1. The smallest absolute Gasteiger partial charge is 0.228 e. The first kappa shape index (κ1) is 18.2. The lowest BCUT2D eigenvalue weighted by molar-refractivity contribution is -0.135. The Morgan fingerprint density at radius 2 is 2.19 bits per heavy atom. The maximum atomic E-state index is 12.5. The molecule has 2 heterocycles. The van der Waals surface area contributed by atoms with E-state index in [-0.39, 0.29) is 30.1 Å². The van der Waals surface area contributed by atoms with Crippen molar-refractivity contribution < 1.29 is 14.3 Å². The standard InChI is InChI=1S/C14H25N3O3.ClH/c1-15-8-11-3-4-17(9-11)14(19)12-7-13(18)16(10-12)5-6-20-2;/h11-12,15H,3-10H2,1-2H3;1H. The average molecular weight is 320 g/mol. The van der Waals surface area contributed by atoms with Gasteiger partial charge in [0, 0.05) is 39.7 Å². The minimum Gasteiger partial charge on any atom is -0.383 e. The summed E-state index contributed by atoms with van der Waals surface area (Å²) in [7, 11) is 3.56. The fourth-order valence-corrected chi connectivity index (χ4v) is 3.10. The molecule has 0 aromatic heterocycles. The Kier molecular flexibility index (Phi) is 7.42. The van der Waals surface area contributed by atoms with E-state index >= 15 is 0 Å². The SMILES string of the molecule is CNCC1CCN(C(=O)C2CC(=O)N(CCOC)C2)C1.Cl. The average Bonchev–Trinajstić information content (AvgIpc) is 3.03. The summed E-state index contributed by atoms with van der Waals surface area (Å²) in [6, 6.07) is 0. The van der Waals surface area contributed by atoms with E-state index in [0.29, 0.717) is 32.0 Å². The second-order valence-corrected chi connectivity index (χ2v) is 5.73. The lowest BCUT2D eigenvalue weighted by Gasteiger charge is -2.21. The van der Waals surface area contributed by atoms with Crippen molar-refractivity contribution in [2.75, 3.05) is 53.5 Å². The number of rotatable bonds is 6. The van der Waals surface area contributed by atoms with Crippen LogP contribution in [0.3, 0.4) is 0 Å². The molecule has 0 saturated carbocycles. The normalized spacial score (nSPS) is 25.3. The highest BCUT2D eigenvalue weighted by Gasteiger charge is 2.38. The second kappa shape index (κ2) is 8.56. The number of ether oxygens (including phenoxy) is 1. The molecule has 0 aromatic carbocycles. The van der Waals surface area contributed by atoms with Crippen molar-refractivity contribution in [1.82, 2.24) is 15.1 Å². The third-order valence-corrected chi connectivity index (χ3v) is 4.22. The van der Waals surface area contributed by atoms with Crippen molar-refractivity contribution in [3.05, 3.63) is 0 Å². The van der Waals surface area contributed by atoms with E-state index in [1.807, 2.05) is 11.9 Å². The number of amides is 2. The molecule has 2 aliphatic rings. The quantitative estimate of drug-likeness (QED) is 0.747. The van der Waals surface area contributed by atoms with E-state index < -0.39 is 0 Å². The Bertz CT molecular complexity index is 367. The number of carbonyl (C=O) groups excluding carboxylic acids is 2. The van der Waals surface area contributed by atoms with Crippen molar-refractivity contribution in [2.45, 2.75) is 12.8 Å². The maximum Gasteiger partial charge on any atom is 0.228 e. The van der Waals surface area contributed by atoms with E-state index in [2.05, 4.69) is 5.32 Å². The van der Waals surface area contributed by atoms with Gasteiger partial charge in [0.1, 0.15) is 0 Å². The molecular weight excluding hydrogens is 294 g/mol. The summed E-state index contributed by atoms with van der Waals surface area (Å²) in [5.74, 6) is 0.613. The fourth-order valence-electron chi connectivity index (χ4n) is 3.10. The van der Waals surface area contributed by atoms with Gasteiger partial charge in [-0.05, 0) is 25.9 Å². The van der Waals surface area contributed by atoms with E-state index in [4.69, 9.17) is 4.74 Å². The van der Waals surface area contributed by atoms with E-state index in [1.54, 1.807) is 12.0 Å². The Morgan fingerprint density at radius 3 is 2.86 bits per heavy atom. The van der Waals surface area contributed by atoms with E-state index in [1.165, 1.54) is 0 Å². The molecule has 0 bridgehead atoms. The first-order chi connectivity index (χ1) is 9.65. The number of hydrogen-bond donors (Lipinski definition) is 1. The molecule has 1 N–H and O–H groups in total. The number of methoxy groups -OCH3 is 1. The fraction of sp³-hybridized carbons (Fsp3) is 0.857. The number of hydrogen-bond acceptors (Lipinski definition) is 4. The number of likely N-dealkylation sites (tertiary alicyclic amines) is 2. The Morgan fingerprint density at radius 1 is 1.43 bits per heavy atom. The summed E-state index contributed by atoms with van der Waals surface area (Å²) >= 11 is 0. The van der Waals surface area contributed by atoms with Gasteiger partial charge < -0.3 is 19.9 Å². The molecule has 2 fully saturated rings. The van der Waals surface area contributed by atoms with Crippen LogP contribution >= 0.6 is 12.4 Å². The number of nitrogens with one attached hydrogen (secondary N) is 1. The Labute approximate surface area is 132 Å². The molecule has 2 atom stereocenters. The van der Waals surface area contributed by atoms with Crippen LogP contribution in [0.15, 0.2) is 0 Å². The minimum absolute atomic E-state index is 0.